The highest BCUT2D eigenvalue weighted by Crippen LogP contribution is 2.24. The van der Waals surface area contributed by atoms with Crippen LogP contribution in [0, 0.1) is 0 Å². The van der Waals surface area contributed by atoms with Gasteiger partial charge < -0.3 is 4.74 Å². The minimum atomic E-state index is 0.659. The molecule has 0 unspecified atom stereocenters. The Labute approximate surface area is 78.3 Å². The van der Waals surface area contributed by atoms with E-state index < -0.39 is 0 Å². The molecule has 1 fully saturated rings. The van der Waals surface area contributed by atoms with Crippen molar-refractivity contribution in [2.24, 2.45) is 0 Å². The van der Waals surface area contributed by atoms with Crippen molar-refractivity contribution in [1.82, 2.24) is 4.98 Å². The van der Waals surface area contributed by atoms with E-state index in [-0.39, 0.29) is 0 Å². The third-order valence-corrected chi connectivity index (χ3v) is 2.24. The smallest absolute Gasteiger partial charge is 0.213 e. The molecular formula is C11H13NO. The van der Waals surface area contributed by atoms with Crippen molar-refractivity contribution < 1.29 is 4.74 Å². The highest BCUT2D eigenvalue weighted by Gasteiger charge is 2.06. The van der Waals surface area contributed by atoms with Crippen LogP contribution in [0.1, 0.15) is 19.3 Å². The topological polar surface area (TPSA) is 22.1 Å². The Morgan fingerprint density at radius 3 is 2.92 bits per heavy atom. The summed E-state index contributed by atoms with van der Waals surface area (Å²) in [5.41, 5.74) is 1.52. The summed E-state index contributed by atoms with van der Waals surface area (Å²) in [6.07, 6.45) is 7.76. The molecule has 68 valence electrons. The van der Waals surface area contributed by atoms with Crippen LogP contribution in [-0.2, 0) is 0 Å². The molecule has 1 aromatic rings. The first-order valence-electron chi connectivity index (χ1n) is 4.67. The first kappa shape index (κ1) is 8.30. The fourth-order valence-corrected chi connectivity index (χ4v) is 1.26. The Hall–Kier alpha value is -1.31. The second-order valence-corrected chi connectivity index (χ2v) is 3.19. The number of allylic oxidation sites excluding steroid dienone is 1. The van der Waals surface area contributed by atoms with Gasteiger partial charge in [-0.3, -0.25) is 0 Å². The van der Waals surface area contributed by atoms with Gasteiger partial charge in [0.1, 0.15) is 6.61 Å². The quantitative estimate of drug-likeness (QED) is 0.659. The average molecular weight is 175 g/mol. The maximum atomic E-state index is 5.42. The van der Waals surface area contributed by atoms with E-state index in [9.17, 15) is 0 Å². The second-order valence-electron chi connectivity index (χ2n) is 3.19. The molecule has 1 aromatic heterocycles. The standard InChI is InChI=1S/C11H13NO/c1-2-8-12-11(6-1)13-9-7-10-4-3-5-10/h1-2,6-8H,3-5,9H2. The van der Waals surface area contributed by atoms with Crippen molar-refractivity contribution >= 4 is 0 Å². The minimum Gasteiger partial charge on any atom is -0.473 e. The summed E-state index contributed by atoms with van der Waals surface area (Å²) in [5.74, 6) is 0.707. The summed E-state index contributed by atoms with van der Waals surface area (Å²) in [5, 5.41) is 0. The number of rotatable bonds is 3. The van der Waals surface area contributed by atoms with Crippen molar-refractivity contribution in [3.8, 4) is 5.88 Å². The van der Waals surface area contributed by atoms with Gasteiger partial charge in [-0.1, -0.05) is 11.6 Å². The molecule has 0 amide bonds. The summed E-state index contributed by atoms with van der Waals surface area (Å²) < 4.78 is 5.42. The molecule has 1 saturated carbocycles. The lowest BCUT2D eigenvalue weighted by molar-refractivity contribution is 0.345. The van der Waals surface area contributed by atoms with E-state index >= 15 is 0 Å². The fraction of sp³-hybridized carbons (Fsp3) is 0.364. The molecule has 0 spiro atoms. The highest BCUT2D eigenvalue weighted by molar-refractivity contribution is 5.12. The van der Waals surface area contributed by atoms with E-state index in [4.69, 9.17) is 4.74 Å². The number of ether oxygens (including phenoxy) is 1. The zero-order chi connectivity index (χ0) is 8.93. The summed E-state index contributed by atoms with van der Waals surface area (Å²) in [6.45, 7) is 0.659. The van der Waals surface area contributed by atoms with Crippen molar-refractivity contribution in [2.45, 2.75) is 19.3 Å². The van der Waals surface area contributed by atoms with Gasteiger partial charge in [-0.15, -0.1) is 0 Å². The van der Waals surface area contributed by atoms with Gasteiger partial charge in [0.25, 0.3) is 0 Å². The number of hydrogen-bond acceptors (Lipinski definition) is 2. The van der Waals surface area contributed by atoms with Crippen LogP contribution in [0.15, 0.2) is 36.0 Å². The van der Waals surface area contributed by atoms with Crippen molar-refractivity contribution in [2.75, 3.05) is 6.61 Å². The molecular weight excluding hydrogens is 162 g/mol. The molecule has 2 heteroatoms. The third-order valence-electron chi connectivity index (χ3n) is 2.24. The molecule has 1 aliphatic rings. The van der Waals surface area contributed by atoms with Gasteiger partial charge in [0, 0.05) is 12.3 Å². The van der Waals surface area contributed by atoms with Crippen LogP contribution >= 0.6 is 0 Å². The van der Waals surface area contributed by atoms with Crippen LogP contribution in [0.4, 0.5) is 0 Å². The lowest BCUT2D eigenvalue weighted by atomic mass is 9.92. The zero-order valence-corrected chi connectivity index (χ0v) is 7.57. The molecule has 1 aliphatic carbocycles. The van der Waals surface area contributed by atoms with E-state index in [1.54, 1.807) is 6.20 Å². The Balaban J connectivity index is 1.79. The number of aromatic nitrogens is 1. The predicted octanol–water partition coefficient (Wildman–Crippen LogP) is 2.57. The molecule has 2 nitrogen and oxygen atoms in total. The van der Waals surface area contributed by atoms with Gasteiger partial charge in [-0.05, 0) is 31.4 Å². The Morgan fingerprint density at radius 1 is 1.38 bits per heavy atom. The monoisotopic (exact) mass is 175 g/mol. The average Bonchev–Trinajstić information content (AvgIpc) is 2.11. The van der Waals surface area contributed by atoms with E-state index in [1.165, 1.54) is 24.8 Å². The van der Waals surface area contributed by atoms with Crippen molar-refractivity contribution in [3.63, 3.8) is 0 Å². The highest BCUT2D eigenvalue weighted by atomic mass is 16.5. The summed E-state index contributed by atoms with van der Waals surface area (Å²) in [7, 11) is 0. The lowest BCUT2D eigenvalue weighted by Gasteiger charge is -2.15. The fourth-order valence-electron chi connectivity index (χ4n) is 1.26. The molecule has 0 aliphatic heterocycles. The van der Waals surface area contributed by atoms with Crippen molar-refractivity contribution in [1.29, 1.82) is 0 Å². The number of hydrogen-bond donors (Lipinski definition) is 0. The molecule has 0 atom stereocenters. The maximum Gasteiger partial charge on any atom is 0.213 e. The first-order valence-corrected chi connectivity index (χ1v) is 4.67. The summed E-state index contributed by atoms with van der Waals surface area (Å²) in [6, 6.07) is 5.69. The molecule has 0 saturated heterocycles. The molecule has 2 rings (SSSR count). The predicted molar refractivity (Wildman–Crippen MR) is 51.7 cm³/mol. The van der Waals surface area contributed by atoms with Gasteiger partial charge >= 0.3 is 0 Å². The van der Waals surface area contributed by atoms with Crippen LogP contribution < -0.4 is 4.74 Å². The minimum absolute atomic E-state index is 0.659. The Kier molecular flexibility index (Phi) is 2.60. The summed E-state index contributed by atoms with van der Waals surface area (Å²) >= 11 is 0. The molecule has 0 bridgehead atoms. The molecule has 0 aromatic carbocycles. The van der Waals surface area contributed by atoms with E-state index in [1.807, 2.05) is 18.2 Å². The lowest BCUT2D eigenvalue weighted by Crippen LogP contribution is -2.01. The van der Waals surface area contributed by atoms with Crippen molar-refractivity contribution in [3.05, 3.63) is 36.0 Å². The normalized spacial score (nSPS) is 14.9. The first-order chi connectivity index (χ1) is 6.45. The molecule has 13 heavy (non-hydrogen) atoms. The molecule has 1 heterocycles. The number of pyridine rings is 1. The van der Waals surface area contributed by atoms with Gasteiger partial charge in [0.2, 0.25) is 5.88 Å². The van der Waals surface area contributed by atoms with Gasteiger partial charge in [-0.2, -0.15) is 0 Å². The summed E-state index contributed by atoms with van der Waals surface area (Å²) in [4.78, 5) is 4.07. The van der Waals surface area contributed by atoms with Gasteiger partial charge in [-0.25, -0.2) is 4.98 Å². The van der Waals surface area contributed by atoms with E-state index in [0.717, 1.165) is 0 Å². The Morgan fingerprint density at radius 2 is 2.31 bits per heavy atom. The van der Waals surface area contributed by atoms with Crippen LogP contribution in [0.2, 0.25) is 0 Å². The molecule has 0 N–H and O–H groups in total. The zero-order valence-electron chi connectivity index (χ0n) is 7.57. The van der Waals surface area contributed by atoms with Crippen LogP contribution in [0.25, 0.3) is 0 Å². The van der Waals surface area contributed by atoms with Gasteiger partial charge in [0.05, 0.1) is 0 Å². The largest absolute Gasteiger partial charge is 0.473 e. The van der Waals surface area contributed by atoms with Gasteiger partial charge in [0.15, 0.2) is 0 Å². The van der Waals surface area contributed by atoms with E-state index in [0.29, 0.717) is 12.5 Å². The Bertz CT molecular complexity index is 286. The molecule has 0 radical (unpaired) electrons. The maximum absolute atomic E-state index is 5.42. The number of nitrogens with zero attached hydrogens (tertiary/aromatic N) is 1. The van der Waals surface area contributed by atoms with E-state index in [2.05, 4.69) is 11.1 Å². The SMILES string of the molecule is C(COc1ccccn1)=C1CCC1. The van der Waals surface area contributed by atoms with Crippen LogP contribution in [-0.4, -0.2) is 11.6 Å². The van der Waals surface area contributed by atoms with Crippen LogP contribution in [0.5, 0.6) is 5.88 Å². The third kappa shape index (κ3) is 2.31. The van der Waals surface area contributed by atoms with Crippen LogP contribution in [0.3, 0.4) is 0 Å². The second kappa shape index (κ2) is 4.08.